The van der Waals surface area contributed by atoms with Crippen molar-refractivity contribution in [3.63, 3.8) is 0 Å². The Morgan fingerprint density at radius 3 is 2.72 bits per heavy atom. The molecule has 1 heterocycles. The Morgan fingerprint density at radius 2 is 2.11 bits per heavy atom. The zero-order valence-electron chi connectivity index (χ0n) is 9.13. The van der Waals surface area contributed by atoms with Gasteiger partial charge in [0.25, 0.3) is 5.69 Å². The van der Waals surface area contributed by atoms with E-state index in [0.717, 1.165) is 12.1 Å². The van der Waals surface area contributed by atoms with Crippen molar-refractivity contribution in [2.75, 3.05) is 11.1 Å². The summed E-state index contributed by atoms with van der Waals surface area (Å²) >= 11 is 0. The molecule has 92 valence electrons. The van der Waals surface area contributed by atoms with Crippen molar-refractivity contribution in [2.45, 2.75) is 0 Å². The second kappa shape index (κ2) is 4.66. The maximum atomic E-state index is 13.3. The number of nitrogens with two attached hydrogens (primary N) is 1. The summed E-state index contributed by atoms with van der Waals surface area (Å²) in [6.07, 6.45) is 1.50. The van der Waals surface area contributed by atoms with Crippen LogP contribution in [-0.4, -0.2) is 9.91 Å². The molecule has 1 aromatic carbocycles. The van der Waals surface area contributed by atoms with Crippen molar-refractivity contribution in [3.05, 3.63) is 52.5 Å². The number of nitro benzene ring substituents is 1. The first-order valence-corrected chi connectivity index (χ1v) is 5.00. The first-order valence-electron chi connectivity index (χ1n) is 5.00. The van der Waals surface area contributed by atoms with E-state index in [4.69, 9.17) is 5.73 Å². The standard InChI is InChI=1S/C11H9FN4O2/c12-7-4-5-8(16(17)18)11(10(7)13)15-9-3-1-2-6-14-9/h1-6H,13H2,(H,14,15). The van der Waals surface area contributed by atoms with Crippen LogP contribution in [0.2, 0.25) is 0 Å². The molecule has 7 heteroatoms. The second-order valence-electron chi connectivity index (χ2n) is 3.45. The highest BCUT2D eigenvalue weighted by atomic mass is 19.1. The molecule has 0 unspecified atom stereocenters. The van der Waals surface area contributed by atoms with Gasteiger partial charge < -0.3 is 11.1 Å². The van der Waals surface area contributed by atoms with Crippen molar-refractivity contribution in [1.82, 2.24) is 4.98 Å². The smallest absolute Gasteiger partial charge is 0.295 e. The fraction of sp³-hybridized carbons (Fsp3) is 0. The number of nitrogen functional groups attached to an aromatic ring is 1. The molecule has 0 bridgehead atoms. The zero-order valence-corrected chi connectivity index (χ0v) is 9.13. The Bertz CT molecular complexity index is 589. The van der Waals surface area contributed by atoms with Gasteiger partial charge in [-0.2, -0.15) is 0 Å². The third-order valence-corrected chi connectivity index (χ3v) is 2.28. The summed E-state index contributed by atoms with van der Waals surface area (Å²) in [5.74, 6) is -0.378. The highest BCUT2D eigenvalue weighted by Crippen LogP contribution is 2.34. The molecule has 0 radical (unpaired) electrons. The molecule has 0 aliphatic heterocycles. The van der Waals surface area contributed by atoms with Gasteiger partial charge >= 0.3 is 0 Å². The second-order valence-corrected chi connectivity index (χ2v) is 3.45. The van der Waals surface area contributed by atoms with Gasteiger partial charge in [0.15, 0.2) is 0 Å². The highest BCUT2D eigenvalue weighted by molar-refractivity contribution is 5.80. The number of halogens is 1. The number of aromatic nitrogens is 1. The van der Waals surface area contributed by atoms with Crippen LogP contribution < -0.4 is 11.1 Å². The van der Waals surface area contributed by atoms with E-state index < -0.39 is 10.7 Å². The van der Waals surface area contributed by atoms with E-state index in [1.807, 2.05) is 0 Å². The summed E-state index contributed by atoms with van der Waals surface area (Å²) in [5.41, 5.74) is 4.78. The van der Waals surface area contributed by atoms with Crippen LogP contribution in [0.3, 0.4) is 0 Å². The molecule has 0 saturated carbocycles. The van der Waals surface area contributed by atoms with Crippen LogP contribution in [0.25, 0.3) is 0 Å². The van der Waals surface area contributed by atoms with Crippen molar-refractivity contribution in [2.24, 2.45) is 0 Å². The molecule has 2 rings (SSSR count). The third-order valence-electron chi connectivity index (χ3n) is 2.28. The molecule has 18 heavy (non-hydrogen) atoms. The van der Waals surface area contributed by atoms with Crippen LogP contribution >= 0.6 is 0 Å². The van der Waals surface area contributed by atoms with Gasteiger partial charge in [0, 0.05) is 12.3 Å². The number of pyridine rings is 1. The van der Waals surface area contributed by atoms with Crippen LogP contribution in [-0.2, 0) is 0 Å². The topological polar surface area (TPSA) is 94.1 Å². The molecule has 0 aliphatic rings. The van der Waals surface area contributed by atoms with Gasteiger partial charge in [-0.1, -0.05) is 6.07 Å². The Balaban J connectivity index is 2.48. The lowest BCUT2D eigenvalue weighted by molar-refractivity contribution is -0.383. The highest BCUT2D eigenvalue weighted by Gasteiger charge is 2.19. The first kappa shape index (κ1) is 11.8. The molecule has 2 aromatic rings. The normalized spacial score (nSPS) is 10.1. The number of anilines is 3. The molecule has 6 nitrogen and oxygen atoms in total. The lowest BCUT2D eigenvalue weighted by Gasteiger charge is -2.09. The summed E-state index contributed by atoms with van der Waals surface area (Å²) in [4.78, 5) is 14.1. The number of nitrogens with one attached hydrogen (secondary N) is 1. The number of benzene rings is 1. The fourth-order valence-corrected chi connectivity index (χ4v) is 1.43. The van der Waals surface area contributed by atoms with E-state index in [0.29, 0.717) is 5.82 Å². The minimum atomic E-state index is -0.723. The fourth-order valence-electron chi connectivity index (χ4n) is 1.43. The van der Waals surface area contributed by atoms with E-state index >= 15 is 0 Å². The van der Waals surface area contributed by atoms with Gasteiger partial charge in [0.1, 0.15) is 17.3 Å². The quantitative estimate of drug-likeness (QED) is 0.494. The van der Waals surface area contributed by atoms with Crippen LogP contribution in [0.4, 0.5) is 27.3 Å². The van der Waals surface area contributed by atoms with Gasteiger partial charge in [-0.05, 0) is 18.2 Å². The molecular weight excluding hydrogens is 239 g/mol. The number of nitrogens with zero attached hydrogens (tertiary/aromatic N) is 2. The summed E-state index contributed by atoms with van der Waals surface area (Å²) in [6, 6.07) is 6.98. The molecule has 0 aliphatic carbocycles. The zero-order chi connectivity index (χ0) is 13.1. The predicted molar refractivity (Wildman–Crippen MR) is 65.0 cm³/mol. The van der Waals surface area contributed by atoms with E-state index in [1.54, 1.807) is 18.2 Å². The van der Waals surface area contributed by atoms with E-state index in [-0.39, 0.29) is 17.1 Å². The lowest BCUT2D eigenvalue weighted by Crippen LogP contribution is -2.04. The number of nitro groups is 1. The van der Waals surface area contributed by atoms with Crippen molar-refractivity contribution < 1.29 is 9.31 Å². The Kier molecular flexibility index (Phi) is 3.05. The minimum Gasteiger partial charge on any atom is -0.394 e. The van der Waals surface area contributed by atoms with Gasteiger partial charge in [-0.25, -0.2) is 9.37 Å². The molecular formula is C11H9FN4O2. The summed E-state index contributed by atoms with van der Waals surface area (Å²) in [7, 11) is 0. The molecule has 0 saturated heterocycles. The largest absolute Gasteiger partial charge is 0.394 e. The molecule has 3 N–H and O–H groups in total. The Labute approximate surface area is 101 Å². The van der Waals surface area contributed by atoms with Crippen LogP contribution in [0, 0.1) is 15.9 Å². The number of hydrogen-bond donors (Lipinski definition) is 2. The molecule has 0 atom stereocenters. The van der Waals surface area contributed by atoms with E-state index in [2.05, 4.69) is 10.3 Å². The summed E-state index contributed by atoms with van der Waals surface area (Å²) in [5, 5.41) is 13.5. The van der Waals surface area contributed by atoms with Gasteiger partial charge in [0.05, 0.1) is 10.6 Å². The van der Waals surface area contributed by atoms with Crippen molar-refractivity contribution >= 4 is 22.9 Å². The number of rotatable bonds is 3. The lowest BCUT2D eigenvalue weighted by atomic mass is 10.2. The van der Waals surface area contributed by atoms with Crippen molar-refractivity contribution in [1.29, 1.82) is 0 Å². The molecule has 1 aromatic heterocycles. The predicted octanol–water partition coefficient (Wildman–Crippen LogP) is 2.45. The average molecular weight is 248 g/mol. The van der Waals surface area contributed by atoms with Gasteiger partial charge in [-0.15, -0.1) is 0 Å². The monoisotopic (exact) mass is 248 g/mol. The average Bonchev–Trinajstić information content (AvgIpc) is 2.36. The van der Waals surface area contributed by atoms with Crippen LogP contribution in [0.1, 0.15) is 0 Å². The van der Waals surface area contributed by atoms with Gasteiger partial charge in [-0.3, -0.25) is 10.1 Å². The molecule has 0 amide bonds. The summed E-state index contributed by atoms with van der Waals surface area (Å²) < 4.78 is 13.3. The molecule has 0 spiro atoms. The number of hydrogen-bond acceptors (Lipinski definition) is 5. The maximum absolute atomic E-state index is 13.3. The Hall–Kier alpha value is -2.70. The Morgan fingerprint density at radius 1 is 1.33 bits per heavy atom. The van der Waals surface area contributed by atoms with E-state index in [1.165, 1.54) is 6.20 Å². The van der Waals surface area contributed by atoms with Crippen LogP contribution in [0.5, 0.6) is 0 Å². The van der Waals surface area contributed by atoms with E-state index in [9.17, 15) is 14.5 Å². The third kappa shape index (κ3) is 2.19. The van der Waals surface area contributed by atoms with Gasteiger partial charge in [0.2, 0.25) is 0 Å². The first-order chi connectivity index (χ1) is 8.59. The van der Waals surface area contributed by atoms with Crippen molar-refractivity contribution in [3.8, 4) is 0 Å². The SMILES string of the molecule is Nc1c(F)ccc([N+](=O)[O-])c1Nc1ccccn1. The molecule has 0 fully saturated rings. The summed E-state index contributed by atoms with van der Waals surface area (Å²) in [6.45, 7) is 0. The van der Waals surface area contributed by atoms with Crippen LogP contribution in [0.15, 0.2) is 36.5 Å². The minimum absolute atomic E-state index is 0.0984. The maximum Gasteiger partial charge on any atom is 0.295 e.